The van der Waals surface area contributed by atoms with E-state index in [1.165, 1.54) is 12.8 Å². The summed E-state index contributed by atoms with van der Waals surface area (Å²) in [5.74, 6) is 1.46. The van der Waals surface area contributed by atoms with Gasteiger partial charge in [-0.05, 0) is 25.2 Å². The largest absolute Gasteiger partial charge is 0.309 e. The molecule has 4 heteroatoms. The molecule has 1 aliphatic carbocycles. The highest BCUT2D eigenvalue weighted by atomic mass is 16.2. The Bertz CT molecular complexity index is 368. The highest BCUT2D eigenvalue weighted by molar-refractivity contribution is 5.91. The molecule has 1 amide bonds. The van der Waals surface area contributed by atoms with Crippen molar-refractivity contribution in [1.29, 1.82) is 0 Å². The molecule has 2 N–H and O–H groups in total. The molecule has 16 heavy (non-hydrogen) atoms. The molecule has 1 aromatic heterocycles. The number of hydrogen-bond acceptors (Lipinski definition) is 2. The normalized spacial score (nSPS) is 17.1. The fraction of sp³-hybridized carbons (Fsp3) is 0.667. The van der Waals surface area contributed by atoms with Crippen LogP contribution in [0.25, 0.3) is 0 Å². The van der Waals surface area contributed by atoms with Crippen LogP contribution in [0.15, 0.2) is 6.07 Å². The van der Waals surface area contributed by atoms with Crippen molar-refractivity contribution in [3.05, 3.63) is 11.8 Å². The van der Waals surface area contributed by atoms with Crippen molar-refractivity contribution < 1.29 is 4.79 Å². The number of nitrogens with one attached hydrogen (secondary N) is 2. The molecule has 0 aliphatic heterocycles. The second-order valence-electron chi connectivity index (χ2n) is 4.64. The molecule has 4 nitrogen and oxygen atoms in total. The maximum Gasteiger partial charge on any atom is 0.228 e. The van der Waals surface area contributed by atoms with Crippen molar-refractivity contribution in [2.45, 2.75) is 39.5 Å². The lowest BCUT2D eigenvalue weighted by Gasteiger charge is -2.08. The Hall–Kier alpha value is -1.32. The van der Waals surface area contributed by atoms with Gasteiger partial charge in [0.25, 0.3) is 0 Å². The van der Waals surface area contributed by atoms with Gasteiger partial charge in [-0.3, -0.25) is 9.89 Å². The van der Waals surface area contributed by atoms with Crippen molar-refractivity contribution in [1.82, 2.24) is 10.2 Å². The molecule has 1 aliphatic rings. The summed E-state index contributed by atoms with van der Waals surface area (Å²) in [6.07, 6.45) is 4.43. The second-order valence-corrected chi connectivity index (χ2v) is 4.64. The Kier molecular flexibility index (Phi) is 3.27. The third-order valence-electron chi connectivity index (χ3n) is 3.14. The minimum absolute atomic E-state index is 0.0945. The monoisotopic (exact) mass is 221 g/mol. The molecular formula is C12H19N3O. The van der Waals surface area contributed by atoms with E-state index in [2.05, 4.69) is 22.4 Å². The maximum atomic E-state index is 11.8. The fourth-order valence-corrected chi connectivity index (χ4v) is 1.87. The summed E-state index contributed by atoms with van der Waals surface area (Å²) in [5.41, 5.74) is 1.08. The number of carbonyl (C=O) groups excluding carboxylic acids is 1. The molecule has 0 bridgehead atoms. The molecule has 88 valence electrons. The molecule has 2 rings (SSSR count). The van der Waals surface area contributed by atoms with Gasteiger partial charge in [0, 0.05) is 17.7 Å². The van der Waals surface area contributed by atoms with E-state index >= 15 is 0 Å². The van der Waals surface area contributed by atoms with E-state index in [1.807, 2.05) is 13.0 Å². The van der Waals surface area contributed by atoms with Crippen LogP contribution in [0.4, 0.5) is 5.82 Å². The van der Waals surface area contributed by atoms with E-state index in [9.17, 15) is 4.79 Å². The van der Waals surface area contributed by atoms with Crippen LogP contribution in [0.5, 0.6) is 0 Å². The number of rotatable bonds is 5. The van der Waals surface area contributed by atoms with Gasteiger partial charge in [-0.15, -0.1) is 0 Å². The van der Waals surface area contributed by atoms with Crippen LogP contribution < -0.4 is 5.32 Å². The van der Waals surface area contributed by atoms with E-state index in [0.29, 0.717) is 11.7 Å². The molecule has 1 fully saturated rings. The zero-order valence-electron chi connectivity index (χ0n) is 9.92. The Balaban J connectivity index is 1.89. The zero-order valence-corrected chi connectivity index (χ0v) is 9.92. The highest BCUT2D eigenvalue weighted by Crippen LogP contribution is 2.36. The predicted molar refractivity (Wildman–Crippen MR) is 63.1 cm³/mol. The Morgan fingerprint density at radius 2 is 2.44 bits per heavy atom. The van der Waals surface area contributed by atoms with Gasteiger partial charge in [-0.2, -0.15) is 5.10 Å². The number of carbonyl (C=O) groups is 1. The molecule has 1 aromatic rings. The van der Waals surface area contributed by atoms with Crippen LogP contribution in [0.1, 0.15) is 38.8 Å². The standard InChI is InChI=1S/C12H19N3O/c1-3-4-10-7-11(15-14-10)13-12(16)8(2)9-5-6-9/h7-9H,3-6H2,1-2H3,(H2,13,14,15,16). The molecule has 0 aromatic carbocycles. The summed E-state index contributed by atoms with van der Waals surface area (Å²) in [5, 5.41) is 9.87. The first-order chi connectivity index (χ1) is 7.70. The average Bonchev–Trinajstić information content (AvgIpc) is 3.02. The quantitative estimate of drug-likeness (QED) is 0.801. The second kappa shape index (κ2) is 4.68. The average molecular weight is 221 g/mol. The van der Waals surface area contributed by atoms with Gasteiger partial charge in [0.2, 0.25) is 5.91 Å². The van der Waals surface area contributed by atoms with E-state index in [1.54, 1.807) is 0 Å². The lowest BCUT2D eigenvalue weighted by Crippen LogP contribution is -2.21. The van der Waals surface area contributed by atoms with Crippen LogP contribution in [0, 0.1) is 11.8 Å². The molecule has 1 atom stereocenters. The number of nitrogens with zero attached hydrogens (tertiary/aromatic N) is 1. The molecule has 1 unspecified atom stereocenters. The van der Waals surface area contributed by atoms with Gasteiger partial charge in [0.15, 0.2) is 5.82 Å². The van der Waals surface area contributed by atoms with Crippen molar-refractivity contribution in [2.24, 2.45) is 11.8 Å². The number of amides is 1. The minimum atomic E-state index is 0.0945. The summed E-state index contributed by atoms with van der Waals surface area (Å²) in [7, 11) is 0. The molecule has 0 saturated heterocycles. The van der Waals surface area contributed by atoms with Crippen molar-refractivity contribution in [2.75, 3.05) is 5.32 Å². The van der Waals surface area contributed by atoms with Gasteiger partial charge in [-0.1, -0.05) is 20.3 Å². The number of aromatic nitrogens is 2. The van der Waals surface area contributed by atoms with Crippen LogP contribution in [0.2, 0.25) is 0 Å². The fourth-order valence-electron chi connectivity index (χ4n) is 1.87. The van der Waals surface area contributed by atoms with Crippen LogP contribution in [0.3, 0.4) is 0 Å². The first kappa shape index (κ1) is 11.2. The van der Waals surface area contributed by atoms with Crippen LogP contribution in [-0.4, -0.2) is 16.1 Å². The van der Waals surface area contributed by atoms with Crippen molar-refractivity contribution in [3.63, 3.8) is 0 Å². The number of hydrogen-bond donors (Lipinski definition) is 2. The summed E-state index contributed by atoms with van der Waals surface area (Å²) < 4.78 is 0. The van der Waals surface area contributed by atoms with Crippen molar-refractivity contribution >= 4 is 11.7 Å². The molecule has 1 heterocycles. The number of H-pyrrole nitrogens is 1. The topological polar surface area (TPSA) is 57.8 Å². The number of aromatic amines is 1. The highest BCUT2D eigenvalue weighted by Gasteiger charge is 2.32. The first-order valence-corrected chi connectivity index (χ1v) is 6.06. The number of aryl methyl sites for hydroxylation is 1. The summed E-state index contributed by atoms with van der Waals surface area (Å²) in [6.45, 7) is 4.11. The van der Waals surface area contributed by atoms with Crippen molar-refractivity contribution in [3.8, 4) is 0 Å². The van der Waals surface area contributed by atoms with Crippen LogP contribution >= 0.6 is 0 Å². The van der Waals surface area contributed by atoms with Crippen LogP contribution in [-0.2, 0) is 11.2 Å². The smallest absolute Gasteiger partial charge is 0.228 e. The van der Waals surface area contributed by atoms with E-state index in [-0.39, 0.29) is 11.8 Å². The first-order valence-electron chi connectivity index (χ1n) is 6.06. The van der Waals surface area contributed by atoms with Gasteiger partial charge in [0.1, 0.15) is 0 Å². The summed E-state index contributed by atoms with van der Waals surface area (Å²) in [6, 6.07) is 1.92. The lowest BCUT2D eigenvalue weighted by molar-refractivity contribution is -0.119. The van der Waals surface area contributed by atoms with E-state index < -0.39 is 0 Å². The minimum Gasteiger partial charge on any atom is -0.309 e. The van der Waals surface area contributed by atoms with Gasteiger partial charge in [0.05, 0.1) is 0 Å². The lowest BCUT2D eigenvalue weighted by atomic mass is 10.1. The zero-order chi connectivity index (χ0) is 11.5. The Morgan fingerprint density at radius 1 is 1.69 bits per heavy atom. The van der Waals surface area contributed by atoms with Gasteiger partial charge < -0.3 is 5.32 Å². The number of anilines is 1. The molecule has 1 saturated carbocycles. The SMILES string of the molecule is CCCc1cc(NC(=O)C(C)C2CC2)n[nH]1. The van der Waals surface area contributed by atoms with Gasteiger partial charge in [-0.25, -0.2) is 0 Å². The van der Waals surface area contributed by atoms with E-state index in [4.69, 9.17) is 0 Å². The van der Waals surface area contributed by atoms with Gasteiger partial charge >= 0.3 is 0 Å². The third-order valence-corrected chi connectivity index (χ3v) is 3.14. The summed E-state index contributed by atoms with van der Waals surface area (Å²) >= 11 is 0. The predicted octanol–water partition coefficient (Wildman–Crippen LogP) is 2.35. The maximum absolute atomic E-state index is 11.8. The Labute approximate surface area is 95.8 Å². The Morgan fingerprint density at radius 3 is 3.06 bits per heavy atom. The van der Waals surface area contributed by atoms with E-state index in [0.717, 1.165) is 18.5 Å². The molecular weight excluding hydrogens is 202 g/mol. The molecule has 0 radical (unpaired) electrons. The molecule has 0 spiro atoms. The third kappa shape index (κ3) is 2.62. The summed E-state index contributed by atoms with van der Waals surface area (Å²) in [4.78, 5) is 11.8.